The van der Waals surface area contributed by atoms with Gasteiger partial charge in [-0.1, -0.05) is 0 Å². The van der Waals surface area contributed by atoms with E-state index < -0.39 is 5.82 Å². The number of hydrogen-bond acceptors (Lipinski definition) is 6. The van der Waals surface area contributed by atoms with Crippen molar-refractivity contribution in [3.63, 3.8) is 0 Å². The maximum Gasteiger partial charge on any atom is 0.148 e. The second kappa shape index (κ2) is 7.85. The number of fused-ring (bicyclic) bond motifs is 2. The second-order valence-corrected chi connectivity index (χ2v) is 9.90. The molecule has 1 aromatic carbocycles. The van der Waals surface area contributed by atoms with E-state index in [1.807, 2.05) is 6.07 Å². The number of phenolic OH excluding ortho intramolecular Hbond substituents is 1. The number of nitrogens with zero attached hydrogens (tertiary/aromatic N) is 3. The monoisotopic (exact) mass is 436 g/mol. The van der Waals surface area contributed by atoms with E-state index in [1.54, 1.807) is 12.3 Å². The van der Waals surface area contributed by atoms with E-state index in [1.165, 1.54) is 37.6 Å². The number of H-pyrrole nitrogens is 1. The van der Waals surface area contributed by atoms with Gasteiger partial charge in [-0.05, 0) is 76.1 Å². The zero-order chi connectivity index (χ0) is 22.3. The number of piperidine rings is 2. The molecular weight excluding hydrogens is 407 g/mol. The first kappa shape index (κ1) is 20.9. The van der Waals surface area contributed by atoms with E-state index in [9.17, 15) is 9.50 Å². The summed E-state index contributed by atoms with van der Waals surface area (Å²) in [4.78, 5) is 0. The van der Waals surface area contributed by atoms with E-state index in [-0.39, 0.29) is 22.4 Å². The van der Waals surface area contributed by atoms with Crippen LogP contribution in [-0.2, 0) is 0 Å². The standard InChI is InChI=1S/C24H29FN6O/c1-23-6-3-7-24(2,31-23)11-15(10-23)12-26-22-5-4-20(29-30-22)18-8-19(25)17(9-21(18)32)16-13-27-28-14-16/h4-5,8-9,13-15,31-32H,3,6-7,10-12H2,1-2H3,(H,26,30)(H,27,28). The van der Waals surface area contributed by atoms with Crippen LogP contribution < -0.4 is 10.6 Å². The highest BCUT2D eigenvalue weighted by atomic mass is 19.1. The highest BCUT2D eigenvalue weighted by Gasteiger charge is 2.45. The first-order valence-corrected chi connectivity index (χ1v) is 11.2. The van der Waals surface area contributed by atoms with Crippen molar-refractivity contribution in [1.82, 2.24) is 25.7 Å². The van der Waals surface area contributed by atoms with Gasteiger partial charge >= 0.3 is 0 Å². The number of aromatic hydroxyl groups is 1. The highest BCUT2D eigenvalue weighted by Crippen LogP contribution is 2.42. The molecule has 8 heteroatoms. The second-order valence-electron chi connectivity index (χ2n) is 9.90. The van der Waals surface area contributed by atoms with Crippen LogP contribution in [0.4, 0.5) is 10.2 Å². The average molecular weight is 437 g/mol. The number of phenols is 1. The third-order valence-corrected chi connectivity index (χ3v) is 6.95. The lowest BCUT2D eigenvalue weighted by Gasteiger charge is -2.53. The molecule has 5 rings (SSSR count). The summed E-state index contributed by atoms with van der Waals surface area (Å²) in [5.41, 5.74) is 2.01. The minimum atomic E-state index is -0.457. The number of halogens is 1. The molecule has 2 unspecified atom stereocenters. The molecule has 2 aliphatic heterocycles. The van der Waals surface area contributed by atoms with Crippen LogP contribution in [0.2, 0.25) is 0 Å². The molecule has 0 radical (unpaired) electrons. The van der Waals surface area contributed by atoms with Crippen molar-refractivity contribution in [3.05, 3.63) is 42.5 Å². The maximum atomic E-state index is 14.6. The number of nitrogens with one attached hydrogen (secondary N) is 3. The summed E-state index contributed by atoms with van der Waals surface area (Å²) in [6.07, 6.45) is 9.14. The minimum absolute atomic E-state index is 0.0552. The third-order valence-electron chi connectivity index (χ3n) is 6.95. The predicted molar refractivity (Wildman–Crippen MR) is 122 cm³/mol. The van der Waals surface area contributed by atoms with Crippen LogP contribution in [0.25, 0.3) is 22.4 Å². The van der Waals surface area contributed by atoms with Gasteiger partial charge in [-0.15, -0.1) is 10.2 Å². The number of hydrogen-bond donors (Lipinski definition) is 4. The van der Waals surface area contributed by atoms with E-state index in [2.05, 4.69) is 44.9 Å². The van der Waals surface area contributed by atoms with Gasteiger partial charge in [0.25, 0.3) is 0 Å². The van der Waals surface area contributed by atoms with Crippen molar-refractivity contribution in [1.29, 1.82) is 0 Å². The lowest BCUT2D eigenvalue weighted by Crippen LogP contribution is -2.63. The summed E-state index contributed by atoms with van der Waals surface area (Å²) in [6, 6.07) is 6.25. The molecule has 0 saturated carbocycles. The molecule has 2 fully saturated rings. The molecule has 4 N–H and O–H groups in total. The fraction of sp³-hybridized carbons (Fsp3) is 0.458. The SMILES string of the molecule is CC12CCCC(C)(CC(CNc3ccc(-c4cc(F)c(-c5cn[nH]c5)cc4O)nn3)C1)N2. The van der Waals surface area contributed by atoms with Crippen LogP contribution in [0.15, 0.2) is 36.7 Å². The van der Waals surface area contributed by atoms with E-state index >= 15 is 0 Å². The third kappa shape index (κ3) is 4.07. The first-order chi connectivity index (χ1) is 15.3. The summed E-state index contributed by atoms with van der Waals surface area (Å²) in [6.45, 7) is 5.53. The Kier molecular flexibility index (Phi) is 5.12. The lowest BCUT2D eigenvalue weighted by atomic mass is 9.67. The van der Waals surface area contributed by atoms with E-state index in [0.717, 1.165) is 19.4 Å². The molecule has 2 aliphatic rings. The molecule has 0 amide bonds. The number of anilines is 1. The Balaban J connectivity index is 1.27. The molecule has 0 spiro atoms. The smallest absolute Gasteiger partial charge is 0.148 e. The van der Waals surface area contributed by atoms with Crippen LogP contribution in [0.1, 0.15) is 46.0 Å². The van der Waals surface area contributed by atoms with Gasteiger partial charge in [-0.3, -0.25) is 5.10 Å². The van der Waals surface area contributed by atoms with Crippen molar-refractivity contribution in [2.75, 3.05) is 11.9 Å². The van der Waals surface area contributed by atoms with Crippen LogP contribution in [0.5, 0.6) is 5.75 Å². The molecule has 32 heavy (non-hydrogen) atoms. The van der Waals surface area contributed by atoms with Gasteiger partial charge in [0, 0.05) is 40.5 Å². The number of benzene rings is 1. The quantitative estimate of drug-likeness (QED) is 0.470. The molecular formula is C24H29FN6O. The Labute approximate surface area is 186 Å². The Morgan fingerprint density at radius 3 is 2.56 bits per heavy atom. The van der Waals surface area contributed by atoms with Crippen LogP contribution in [-0.4, -0.2) is 43.1 Å². The average Bonchev–Trinajstić information content (AvgIpc) is 3.27. The summed E-state index contributed by atoms with van der Waals surface area (Å²) in [5.74, 6) is 0.742. The lowest BCUT2D eigenvalue weighted by molar-refractivity contribution is 0.0589. The van der Waals surface area contributed by atoms with Crippen molar-refractivity contribution in [2.24, 2.45) is 5.92 Å². The highest BCUT2D eigenvalue weighted by molar-refractivity contribution is 5.74. The van der Waals surface area contributed by atoms with Gasteiger partial charge in [0.05, 0.1) is 11.9 Å². The van der Waals surface area contributed by atoms with Crippen molar-refractivity contribution < 1.29 is 9.50 Å². The predicted octanol–water partition coefficient (Wildman–Crippen LogP) is 4.49. The summed E-state index contributed by atoms with van der Waals surface area (Å²) in [7, 11) is 0. The van der Waals surface area contributed by atoms with Crippen molar-refractivity contribution >= 4 is 5.82 Å². The Bertz CT molecular complexity index is 1080. The molecule has 0 aliphatic carbocycles. The van der Waals surface area contributed by atoms with Gasteiger partial charge in [0.1, 0.15) is 17.4 Å². The normalized spacial score (nSPS) is 27.3. The topological polar surface area (TPSA) is 98.8 Å². The van der Waals surface area contributed by atoms with Gasteiger partial charge in [0.2, 0.25) is 0 Å². The molecule has 2 aromatic heterocycles. The summed E-state index contributed by atoms with van der Waals surface area (Å²) >= 11 is 0. The fourth-order valence-electron chi connectivity index (χ4n) is 5.72. The molecule has 168 valence electrons. The molecule has 2 atom stereocenters. The fourth-order valence-corrected chi connectivity index (χ4v) is 5.72. The van der Waals surface area contributed by atoms with Crippen molar-refractivity contribution in [3.8, 4) is 28.1 Å². The molecule has 3 aromatic rings. The van der Waals surface area contributed by atoms with Crippen LogP contribution in [0.3, 0.4) is 0 Å². The number of aromatic amines is 1. The van der Waals surface area contributed by atoms with Crippen LogP contribution >= 0.6 is 0 Å². The molecule has 2 bridgehead atoms. The molecule has 2 saturated heterocycles. The van der Waals surface area contributed by atoms with E-state index in [0.29, 0.717) is 28.6 Å². The van der Waals surface area contributed by atoms with Crippen molar-refractivity contribution in [2.45, 2.75) is 57.0 Å². The Morgan fingerprint density at radius 1 is 1.12 bits per heavy atom. The largest absolute Gasteiger partial charge is 0.507 e. The molecule has 7 nitrogen and oxygen atoms in total. The van der Waals surface area contributed by atoms with Gasteiger partial charge in [-0.25, -0.2) is 4.39 Å². The van der Waals surface area contributed by atoms with Gasteiger partial charge in [-0.2, -0.15) is 5.10 Å². The first-order valence-electron chi connectivity index (χ1n) is 11.2. The Morgan fingerprint density at radius 2 is 1.91 bits per heavy atom. The minimum Gasteiger partial charge on any atom is -0.507 e. The summed E-state index contributed by atoms with van der Waals surface area (Å²) < 4.78 is 14.6. The number of rotatable bonds is 5. The summed E-state index contributed by atoms with van der Waals surface area (Å²) in [5, 5.41) is 32.7. The molecule has 4 heterocycles. The van der Waals surface area contributed by atoms with Gasteiger partial charge in [0.15, 0.2) is 0 Å². The van der Waals surface area contributed by atoms with E-state index in [4.69, 9.17) is 0 Å². The zero-order valence-corrected chi connectivity index (χ0v) is 18.5. The van der Waals surface area contributed by atoms with Gasteiger partial charge < -0.3 is 15.7 Å². The zero-order valence-electron chi connectivity index (χ0n) is 18.5. The number of aromatic nitrogens is 4. The Hall–Kier alpha value is -3.00. The maximum absolute atomic E-state index is 14.6. The van der Waals surface area contributed by atoms with Crippen LogP contribution in [0, 0.1) is 11.7 Å².